The minimum absolute atomic E-state index is 0.0454. The molecule has 1 saturated heterocycles. The van der Waals surface area contributed by atoms with E-state index < -0.39 is 5.82 Å². The van der Waals surface area contributed by atoms with Gasteiger partial charge < -0.3 is 15.7 Å². The second-order valence-electron chi connectivity index (χ2n) is 7.23. The van der Waals surface area contributed by atoms with Crippen molar-refractivity contribution in [3.63, 3.8) is 0 Å². The summed E-state index contributed by atoms with van der Waals surface area (Å²) in [5, 5.41) is 14.0. The highest BCUT2D eigenvalue weighted by Crippen LogP contribution is 2.23. The minimum Gasteiger partial charge on any atom is -0.508 e. The lowest BCUT2D eigenvalue weighted by atomic mass is 10.2. The lowest BCUT2D eigenvalue weighted by Crippen LogP contribution is -2.46. The molecule has 0 bridgehead atoms. The van der Waals surface area contributed by atoms with Gasteiger partial charge in [0.1, 0.15) is 11.6 Å². The normalized spacial score (nSPS) is 15.2. The smallest absolute Gasteiger partial charge is 0.221 e. The number of phenolic OH excluding ortho intramolecular Hbond substituents is 1. The van der Waals surface area contributed by atoms with E-state index in [1.807, 2.05) is 6.92 Å². The lowest BCUT2D eigenvalue weighted by molar-refractivity contribution is 0.284. The molecule has 8 nitrogen and oxygen atoms in total. The molecule has 3 aromatic rings. The molecular weight excluding hydrogens is 385 g/mol. The van der Waals surface area contributed by atoms with Gasteiger partial charge >= 0.3 is 0 Å². The number of aromatic nitrogens is 4. The fourth-order valence-electron chi connectivity index (χ4n) is 3.56. The van der Waals surface area contributed by atoms with Gasteiger partial charge in [-0.1, -0.05) is 12.2 Å². The Bertz CT molecular complexity index is 1040. The number of nitrogen functional groups attached to an aromatic ring is 1. The lowest BCUT2D eigenvalue weighted by Gasteiger charge is -2.35. The third kappa shape index (κ3) is 4.41. The molecule has 9 heteroatoms. The van der Waals surface area contributed by atoms with Gasteiger partial charge in [0.2, 0.25) is 5.95 Å². The van der Waals surface area contributed by atoms with E-state index in [2.05, 4.69) is 37.0 Å². The van der Waals surface area contributed by atoms with Crippen LogP contribution in [0.5, 0.6) is 5.75 Å². The molecule has 0 radical (unpaired) electrons. The first-order chi connectivity index (χ1) is 14.5. The van der Waals surface area contributed by atoms with Crippen molar-refractivity contribution in [3.05, 3.63) is 59.8 Å². The maximum absolute atomic E-state index is 13.5. The van der Waals surface area contributed by atoms with Crippen LogP contribution < -0.4 is 10.6 Å². The van der Waals surface area contributed by atoms with Gasteiger partial charge in [-0.25, -0.2) is 14.1 Å². The Morgan fingerprint density at radius 3 is 2.73 bits per heavy atom. The molecule has 1 fully saturated rings. The molecule has 2 aromatic heterocycles. The van der Waals surface area contributed by atoms with E-state index >= 15 is 0 Å². The third-order valence-corrected chi connectivity index (χ3v) is 5.19. The van der Waals surface area contributed by atoms with Crippen molar-refractivity contribution in [3.8, 4) is 11.6 Å². The molecule has 156 valence electrons. The van der Waals surface area contributed by atoms with E-state index in [4.69, 9.17) is 5.73 Å². The van der Waals surface area contributed by atoms with Crippen LogP contribution in [0.15, 0.2) is 42.7 Å². The summed E-state index contributed by atoms with van der Waals surface area (Å²) < 4.78 is 15.3. The molecule has 1 aliphatic heterocycles. The average Bonchev–Trinajstić information content (AvgIpc) is 3.08. The predicted molar refractivity (Wildman–Crippen MR) is 114 cm³/mol. The number of benzene rings is 1. The molecule has 4 rings (SSSR count). The maximum Gasteiger partial charge on any atom is 0.221 e. The number of nitrogens with two attached hydrogens (primary N) is 1. The first-order valence-electron chi connectivity index (χ1n) is 9.76. The van der Waals surface area contributed by atoms with Gasteiger partial charge in [0.25, 0.3) is 0 Å². The number of aromatic hydroxyl groups is 1. The largest absolute Gasteiger partial charge is 0.508 e. The highest BCUT2D eigenvalue weighted by Gasteiger charge is 2.17. The number of piperazine rings is 1. The van der Waals surface area contributed by atoms with Crippen molar-refractivity contribution in [2.24, 2.45) is 0 Å². The topological polar surface area (TPSA) is 96.3 Å². The standard InChI is InChI=1S/C21H24FN7O/c1-15-16(14-25-29(15)20-4-5-24-21(23)26-20)3-2-6-27-7-9-28(10-8-27)18-11-17(22)12-19(30)13-18/h2-5,11-14,30H,6-10H2,1H3,(H2,23,24,26)/b3-2+. The summed E-state index contributed by atoms with van der Waals surface area (Å²) in [5.74, 6) is 0.387. The second-order valence-corrected chi connectivity index (χ2v) is 7.23. The van der Waals surface area contributed by atoms with Crippen molar-refractivity contribution in [1.82, 2.24) is 24.6 Å². The number of nitrogens with zero attached hydrogens (tertiary/aromatic N) is 6. The highest BCUT2D eigenvalue weighted by atomic mass is 19.1. The first-order valence-corrected chi connectivity index (χ1v) is 9.76. The van der Waals surface area contributed by atoms with Gasteiger partial charge in [-0.15, -0.1) is 0 Å². The Morgan fingerprint density at radius 1 is 1.20 bits per heavy atom. The van der Waals surface area contributed by atoms with Crippen LogP contribution in [0.3, 0.4) is 0 Å². The summed E-state index contributed by atoms with van der Waals surface area (Å²) >= 11 is 0. The van der Waals surface area contributed by atoms with Gasteiger partial charge in [0, 0.05) is 68.4 Å². The number of halogens is 1. The van der Waals surface area contributed by atoms with Crippen molar-refractivity contribution >= 4 is 17.7 Å². The molecule has 30 heavy (non-hydrogen) atoms. The monoisotopic (exact) mass is 409 g/mol. The van der Waals surface area contributed by atoms with Crippen LogP contribution in [-0.2, 0) is 0 Å². The van der Waals surface area contributed by atoms with E-state index in [-0.39, 0.29) is 11.7 Å². The number of rotatable bonds is 5. The number of hydrogen-bond donors (Lipinski definition) is 2. The van der Waals surface area contributed by atoms with Crippen molar-refractivity contribution < 1.29 is 9.50 Å². The zero-order valence-electron chi connectivity index (χ0n) is 16.7. The van der Waals surface area contributed by atoms with Crippen LogP contribution in [0.4, 0.5) is 16.0 Å². The zero-order chi connectivity index (χ0) is 21.1. The Labute approximate surface area is 174 Å². The Balaban J connectivity index is 1.34. The average molecular weight is 409 g/mol. The molecule has 0 spiro atoms. The van der Waals surface area contributed by atoms with E-state index in [1.165, 1.54) is 6.07 Å². The number of hydrogen-bond acceptors (Lipinski definition) is 7. The molecule has 1 aromatic carbocycles. The van der Waals surface area contributed by atoms with Gasteiger partial charge in [-0.05, 0) is 13.0 Å². The SMILES string of the molecule is Cc1c(/C=C/CN2CCN(c3cc(O)cc(F)c3)CC2)cnn1-c1ccnc(N)n1. The van der Waals surface area contributed by atoms with Gasteiger partial charge in [-0.2, -0.15) is 10.1 Å². The van der Waals surface area contributed by atoms with Crippen molar-refractivity contribution in [2.75, 3.05) is 43.4 Å². The molecule has 3 heterocycles. The molecule has 1 aliphatic rings. The molecule has 0 atom stereocenters. The molecule has 3 N–H and O–H groups in total. The van der Waals surface area contributed by atoms with Crippen LogP contribution in [-0.4, -0.2) is 62.5 Å². The van der Waals surface area contributed by atoms with Gasteiger partial charge in [0.05, 0.1) is 11.9 Å². The minimum atomic E-state index is -0.420. The van der Waals surface area contributed by atoms with Crippen LogP contribution in [0.1, 0.15) is 11.3 Å². The van der Waals surface area contributed by atoms with E-state index in [1.54, 1.807) is 29.2 Å². The van der Waals surface area contributed by atoms with Crippen molar-refractivity contribution in [1.29, 1.82) is 0 Å². The third-order valence-electron chi connectivity index (χ3n) is 5.19. The Kier molecular flexibility index (Phi) is 5.62. The fraction of sp³-hybridized carbons (Fsp3) is 0.286. The number of phenols is 1. The summed E-state index contributed by atoms with van der Waals surface area (Å²) in [6, 6.07) is 5.95. The van der Waals surface area contributed by atoms with Gasteiger partial charge in [-0.3, -0.25) is 4.90 Å². The highest BCUT2D eigenvalue weighted by molar-refractivity contribution is 5.53. The van der Waals surface area contributed by atoms with E-state index in [0.717, 1.165) is 55.7 Å². The molecule has 0 aliphatic carbocycles. The fourth-order valence-corrected chi connectivity index (χ4v) is 3.56. The van der Waals surface area contributed by atoms with Crippen molar-refractivity contribution in [2.45, 2.75) is 6.92 Å². The molecular formula is C21H24FN7O. The zero-order valence-corrected chi connectivity index (χ0v) is 16.7. The van der Waals surface area contributed by atoms with Gasteiger partial charge in [0.15, 0.2) is 5.82 Å². The van der Waals surface area contributed by atoms with E-state index in [0.29, 0.717) is 5.82 Å². The van der Waals surface area contributed by atoms with Crippen LogP contribution >= 0.6 is 0 Å². The first kappa shape index (κ1) is 19.8. The summed E-state index contributed by atoms with van der Waals surface area (Å²) in [4.78, 5) is 12.5. The molecule has 0 unspecified atom stereocenters. The molecule has 0 amide bonds. The van der Waals surface area contributed by atoms with E-state index in [9.17, 15) is 9.50 Å². The summed E-state index contributed by atoms with van der Waals surface area (Å²) in [6.07, 6.45) is 7.59. The van der Waals surface area contributed by atoms with Crippen LogP contribution in [0.25, 0.3) is 11.9 Å². The quantitative estimate of drug-likeness (QED) is 0.667. The predicted octanol–water partition coefficient (Wildman–Crippen LogP) is 2.23. The summed E-state index contributed by atoms with van der Waals surface area (Å²) in [5.41, 5.74) is 8.37. The summed E-state index contributed by atoms with van der Waals surface area (Å²) in [6.45, 7) is 6.08. The Hall–Kier alpha value is -3.46. The maximum atomic E-state index is 13.5. The van der Waals surface area contributed by atoms with Crippen LogP contribution in [0, 0.1) is 12.7 Å². The summed E-state index contributed by atoms with van der Waals surface area (Å²) in [7, 11) is 0. The Morgan fingerprint density at radius 2 is 2.00 bits per heavy atom. The second kappa shape index (κ2) is 8.50. The van der Waals surface area contributed by atoms with Crippen LogP contribution in [0.2, 0.25) is 0 Å². The molecule has 0 saturated carbocycles. The number of anilines is 2.